The molecule has 0 heterocycles. The van der Waals surface area contributed by atoms with E-state index >= 15 is 0 Å². The Morgan fingerprint density at radius 2 is 1.82 bits per heavy atom. The van der Waals surface area contributed by atoms with Crippen molar-refractivity contribution in [1.29, 1.82) is 0 Å². The van der Waals surface area contributed by atoms with E-state index in [0.717, 1.165) is 25.7 Å². The number of benzene rings is 1. The van der Waals surface area contributed by atoms with E-state index < -0.39 is 0 Å². The average Bonchev–Trinajstić information content (AvgIpc) is 2.32. The molecule has 0 saturated heterocycles. The summed E-state index contributed by atoms with van der Waals surface area (Å²) in [5.74, 6) is 0. The van der Waals surface area contributed by atoms with Crippen molar-refractivity contribution in [1.82, 2.24) is 5.32 Å². The molecule has 0 aliphatic heterocycles. The maximum absolute atomic E-state index is 9.49. The number of nitrogens with one attached hydrogen (secondary N) is 1. The minimum absolute atomic E-state index is 0.0678. The quantitative estimate of drug-likeness (QED) is 0.841. The summed E-state index contributed by atoms with van der Waals surface area (Å²) in [6, 6.07) is 9.51. The summed E-state index contributed by atoms with van der Waals surface area (Å²) < 4.78 is 0. The first kappa shape index (κ1) is 12.6. The number of hydrogen-bond acceptors (Lipinski definition) is 2. The van der Waals surface area contributed by atoms with Crippen LogP contribution in [0.15, 0.2) is 24.3 Å². The number of rotatable bonds is 3. The first-order valence-electron chi connectivity index (χ1n) is 6.66. The Morgan fingerprint density at radius 3 is 2.47 bits per heavy atom. The van der Waals surface area contributed by atoms with Crippen LogP contribution in [0.4, 0.5) is 0 Å². The lowest BCUT2D eigenvalue weighted by molar-refractivity contribution is 0.114. The van der Waals surface area contributed by atoms with Crippen molar-refractivity contribution < 1.29 is 5.11 Å². The van der Waals surface area contributed by atoms with Crippen LogP contribution in [-0.2, 0) is 0 Å². The molecule has 1 saturated carbocycles. The van der Waals surface area contributed by atoms with Gasteiger partial charge < -0.3 is 10.4 Å². The highest BCUT2D eigenvalue weighted by molar-refractivity contribution is 5.28. The van der Waals surface area contributed by atoms with Gasteiger partial charge in [0.2, 0.25) is 0 Å². The molecule has 1 aromatic carbocycles. The predicted molar refractivity (Wildman–Crippen MR) is 71.0 cm³/mol. The van der Waals surface area contributed by atoms with Crippen LogP contribution in [0.1, 0.15) is 49.8 Å². The van der Waals surface area contributed by atoms with Crippen LogP contribution in [0.3, 0.4) is 0 Å². The molecule has 1 aliphatic carbocycles. The van der Waals surface area contributed by atoms with E-state index in [1.165, 1.54) is 11.1 Å². The molecule has 1 aliphatic rings. The van der Waals surface area contributed by atoms with Gasteiger partial charge in [-0.05, 0) is 50.7 Å². The van der Waals surface area contributed by atoms with Gasteiger partial charge in [-0.1, -0.05) is 24.3 Å². The Morgan fingerprint density at radius 1 is 1.18 bits per heavy atom. The van der Waals surface area contributed by atoms with Gasteiger partial charge in [-0.15, -0.1) is 0 Å². The molecule has 2 nitrogen and oxygen atoms in total. The van der Waals surface area contributed by atoms with Crippen LogP contribution in [0.2, 0.25) is 0 Å². The second-order valence-corrected chi connectivity index (χ2v) is 5.25. The summed E-state index contributed by atoms with van der Waals surface area (Å²) in [5.41, 5.74) is 2.74. The topological polar surface area (TPSA) is 32.3 Å². The second-order valence-electron chi connectivity index (χ2n) is 5.25. The van der Waals surface area contributed by atoms with Crippen molar-refractivity contribution in [2.75, 3.05) is 0 Å². The van der Waals surface area contributed by atoms with E-state index in [9.17, 15) is 5.11 Å². The molecular weight excluding hydrogens is 210 g/mol. The molecule has 17 heavy (non-hydrogen) atoms. The van der Waals surface area contributed by atoms with E-state index in [2.05, 4.69) is 43.4 Å². The first-order valence-corrected chi connectivity index (χ1v) is 6.66. The Labute approximate surface area is 104 Å². The zero-order valence-corrected chi connectivity index (χ0v) is 10.8. The standard InChI is InChI=1S/C15H23NO/c1-11-5-3-4-6-15(11)12(2)16-13-7-9-14(17)10-8-13/h3-6,12-14,16-17H,7-10H2,1-2H3/t12-,13?,14?/m0/s1. The fraction of sp³-hybridized carbons (Fsp3) is 0.600. The first-order chi connectivity index (χ1) is 8.16. The van der Waals surface area contributed by atoms with Crippen molar-refractivity contribution >= 4 is 0 Å². The fourth-order valence-electron chi connectivity index (χ4n) is 2.76. The molecule has 1 fully saturated rings. The lowest BCUT2D eigenvalue weighted by atomic mass is 9.91. The molecule has 0 amide bonds. The fourth-order valence-corrected chi connectivity index (χ4v) is 2.76. The number of aliphatic hydroxyl groups excluding tert-OH is 1. The van der Waals surface area contributed by atoms with Crippen LogP contribution in [0, 0.1) is 6.92 Å². The Hall–Kier alpha value is -0.860. The van der Waals surface area contributed by atoms with E-state index in [4.69, 9.17) is 0 Å². The highest BCUT2D eigenvalue weighted by atomic mass is 16.3. The maximum atomic E-state index is 9.49. The van der Waals surface area contributed by atoms with Crippen LogP contribution >= 0.6 is 0 Å². The van der Waals surface area contributed by atoms with Crippen molar-refractivity contribution in [2.24, 2.45) is 0 Å². The zero-order valence-electron chi connectivity index (χ0n) is 10.8. The molecule has 0 unspecified atom stereocenters. The maximum Gasteiger partial charge on any atom is 0.0541 e. The summed E-state index contributed by atoms with van der Waals surface area (Å²) in [6.07, 6.45) is 4.01. The average molecular weight is 233 g/mol. The molecular formula is C15H23NO. The van der Waals surface area contributed by atoms with Crippen LogP contribution < -0.4 is 5.32 Å². The van der Waals surface area contributed by atoms with Gasteiger partial charge in [0, 0.05) is 12.1 Å². The minimum Gasteiger partial charge on any atom is -0.393 e. The van der Waals surface area contributed by atoms with Crippen molar-refractivity contribution in [3.8, 4) is 0 Å². The number of hydrogen-bond donors (Lipinski definition) is 2. The molecule has 2 rings (SSSR count). The van der Waals surface area contributed by atoms with Gasteiger partial charge in [-0.25, -0.2) is 0 Å². The third kappa shape index (κ3) is 3.30. The molecule has 2 N–H and O–H groups in total. The summed E-state index contributed by atoms with van der Waals surface area (Å²) in [7, 11) is 0. The van der Waals surface area contributed by atoms with E-state index in [1.54, 1.807) is 0 Å². The van der Waals surface area contributed by atoms with E-state index in [1.807, 2.05) is 0 Å². The van der Waals surface area contributed by atoms with Crippen LogP contribution in [0.5, 0.6) is 0 Å². The summed E-state index contributed by atoms with van der Waals surface area (Å²) in [5, 5.41) is 13.2. The highest BCUT2D eigenvalue weighted by Crippen LogP contribution is 2.23. The zero-order chi connectivity index (χ0) is 12.3. The Balaban J connectivity index is 1.93. The largest absolute Gasteiger partial charge is 0.393 e. The summed E-state index contributed by atoms with van der Waals surface area (Å²) >= 11 is 0. The normalized spacial score (nSPS) is 26.8. The predicted octanol–water partition coefficient (Wildman–Crippen LogP) is 2.95. The lowest BCUT2D eigenvalue weighted by Crippen LogP contribution is -2.36. The lowest BCUT2D eigenvalue weighted by Gasteiger charge is -2.29. The smallest absolute Gasteiger partial charge is 0.0541 e. The molecule has 1 aromatic rings. The SMILES string of the molecule is Cc1ccccc1[C@H](C)NC1CCC(O)CC1. The summed E-state index contributed by atoms with van der Waals surface area (Å²) in [4.78, 5) is 0. The van der Waals surface area contributed by atoms with Crippen LogP contribution in [-0.4, -0.2) is 17.3 Å². The van der Waals surface area contributed by atoms with E-state index in [-0.39, 0.29) is 6.10 Å². The van der Waals surface area contributed by atoms with Crippen molar-refractivity contribution in [3.63, 3.8) is 0 Å². The van der Waals surface area contributed by atoms with Gasteiger partial charge in [-0.2, -0.15) is 0 Å². The molecule has 1 atom stereocenters. The van der Waals surface area contributed by atoms with Gasteiger partial charge in [0.15, 0.2) is 0 Å². The highest BCUT2D eigenvalue weighted by Gasteiger charge is 2.21. The van der Waals surface area contributed by atoms with Gasteiger partial charge in [-0.3, -0.25) is 0 Å². The number of aliphatic hydroxyl groups is 1. The van der Waals surface area contributed by atoms with E-state index in [0.29, 0.717) is 12.1 Å². The minimum atomic E-state index is -0.0678. The van der Waals surface area contributed by atoms with Crippen molar-refractivity contribution in [3.05, 3.63) is 35.4 Å². The van der Waals surface area contributed by atoms with Gasteiger partial charge in [0.25, 0.3) is 0 Å². The van der Waals surface area contributed by atoms with Gasteiger partial charge >= 0.3 is 0 Å². The third-order valence-corrected chi connectivity index (χ3v) is 3.84. The van der Waals surface area contributed by atoms with Gasteiger partial charge in [0.05, 0.1) is 6.10 Å². The third-order valence-electron chi connectivity index (χ3n) is 3.84. The summed E-state index contributed by atoms with van der Waals surface area (Å²) in [6.45, 7) is 4.39. The van der Waals surface area contributed by atoms with Gasteiger partial charge in [0.1, 0.15) is 0 Å². The number of aryl methyl sites for hydroxylation is 1. The van der Waals surface area contributed by atoms with Crippen molar-refractivity contribution in [2.45, 2.75) is 57.7 Å². The molecule has 0 bridgehead atoms. The molecule has 2 heteroatoms. The Kier molecular flexibility index (Phi) is 4.19. The monoisotopic (exact) mass is 233 g/mol. The Bertz CT molecular complexity index is 356. The molecule has 0 aromatic heterocycles. The molecule has 0 spiro atoms. The molecule has 94 valence electrons. The second kappa shape index (κ2) is 5.65. The molecule has 0 radical (unpaired) electrons. The van der Waals surface area contributed by atoms with Crippen LogP contribution in [0.25, 0.3) is 0 Å².